The lowest BCUT2D eigenvalue weighted by Crippen LogP contribution is -2.58. The fourth-order valence-corrected chi connectivity index (χ4v) is 4.34. The van der Waals surface area contributed by atoms with Crippen molar-refractivity contribution in [3.05, 3.63) is 42.5 Å². The van der Waals surface area contributed by atoms with E-state index in [0.717, 1.165) is 30.0 Å². The summed E-state index contributed by atoms with van der Waals surface area (Å²) >= 11 is 0. The van der Waals surface area contributed by atoms with E-state index in [0.29, 0.717) is 25.4 Å². The van der Waals surface area contributed by atoms with Gasteiger partial charge in [-0.05, 0) is 29.3 Å². The van der Waals surface area contributed by atoms with Crippen LogP contribution in [0, 0.1) is 0 Å². The average Bonchev–Trinajstić information content (AvgIpc) is 2.87. The van der Waals surface area contributed by atoms with Crippen LogP contribution in [-0.2, 0) is 19.1 Å². The number of unbranched alkanes of at least 4 members (excludes halogenated alkanes) is 7. The van der Waals surface area contributed by atoms with E-state index in [1.807, 2.05) is 42.5 Å². The van der Waals surface area contributed by atoms with Gasteiger partial charge in [0.2, 0.25) is 5.91 Å². The molecule has 0 spiro atoms. The van der Waals surface area contributed by atoms with Crippen LogP contribution < -0.4 is 10.1 Å². The van der Waals surface area contributed by atoms with Gasteiger partial charge in [-0.3, -0.25) is 14.4 Å². The lowest BCUT2D eigenvalue weighted by atomic mass is 10.1. The molecule has 1 unspecified atom stereocenters. The molecule has 1 heterocycles. The second kappa shape index (κ2) is 14.3. The molecule has 2 amide bonds. The van der Waals surface area contributed by atoms with Gasteiger partial charge < -0.3 is 19.7 Å². The number of rotatable bonds is 14. The highest BCUT2D eigenvalue weighted by atomic mass is 16.5. The van der Waals surface area contributed by atoms with Gasteiger partial charge in [0.25, 0.3) is 5.91 Å². The summed E-state index contributed by atoms with van der Waals surface area (Å²) in [6, 6.07) is 12.7. The lowest BCUT2D eigenvalue weighted by Gasteiger charge is -2.34. The minimum absolute atomic E-state index is 0.148. The van der Waals surface area contributed by atoms with Gasteiger partial charge in [0, 0.05) is 13.1 Å². The van der Waals surface area contributed by atoms with Gasteiger partial charge in [-0.1, -0.05) is 82.2 Å². The van der Waals surface area contributed by atoms with Gasteiger partial charge in [-0.2, -0.15) is 0 Å². The molecule has 2 aromatic carbocycles. The quantitative estimate of drug-likeness (QED) is 0.314. The molecule has 1 fully saturated rings. The van der Waals surface area contributed by atoms with Crippen molar-refractivity contribution in [3.8, 4) is 5.75 Å². The number of carbonyl (C=O) groups is 3. The Hall–Kier alpha value is -3.09. The molecular formula is C28H38N2O5. The topological polar surface area (TPSA) is 84.9 Å². The second-order valence-electron chi connectivity index (χ2n) is 9.09. The zero-order valence-corrected chi connectivity index (χ0v) is 20.8. The molecule has 7 heteroatoms. The second-order valence-corrected chi connectivity index (χ2v) is 9.09. The summed E-state index contributed by atoms with van der Waals surface area (Å²) in [5, 5.41) is 4.85. The lowest BCUT2D eigenvalue weighted by molar-refractivity contribution is -0.152. The molecule has 1 atom stereocenters. The maximum atomic E-state index is 12.9. The van der Waals surface area contributed by atoms with Crippen molar-refractivity contribution in [2.45, 2.75) is 70.8 Å². The van der Waals surface area contributed by atoms with Gasteiger partial charge >= 0.3 is 5.97 Å². The molecule has 0 saturated carbocycles. The molecule has 7 nitrogen and oxygen atoms in total. The highest BCUT2D eigenvalue weighted by Crippen LogP contribution is 2.21. The highest BCUT2D eigenvalue weighted by Gasteiger charge is 2.35. The maximum Gasteiger partial charge on any atom is 0.308 e. The van der Waals surface area contributed by atoms with Crippen LogP contribution in [0.15, 0.2) is 42.5 Å². The fraction of sp³-hybridized carbons (Fsp3) is 0.536. The Morgan fingerprint density at radius 3 is 2.46 bits per heavy atom. The van der Waals surface area contributed by atoms with Crippen LogP contribution in [0.4, 0.5) is 0 Å². The minimum Gasteiger partial charge on any atom is -0.484 e. The largest absolute Gasteiger partial charge is 0.484 e. The number of esters is 1. The first-order valence-electron chi connectivity index (χ1n) is 12.9. The van der Waals surface area contributed by atoms with Gasteiger partial charge in [0.15, 0.2) is 6.61 Å². The molecule has 0 bridgehead atoms. The van der Waals surface area contributed by atoms with Crippen LogP contribution in [0.5, 0.6) is 5.75 Å². The molecule has 190 valence electrons. The summed E-state index contributed by atoms with van der Waals surface area (Å²) in [6.45, 7) is 3.04. The molecule has 1 aliphatic rings. The number of amides is 2. The Morgan fingerprint density at radius 2 is 1.69 bits per heavy atom. The number of ether oxygens (including phenoxy) is 2. The van der Waals surface area contributed by atoms with Gasteiger partial charge in [-0.25, -0.2) is 0 Å². The Balaban J connectivity index is 1.42. The van der Waals surface area contributed by atoms with E-state index in [4.69, 9.17) is 9.47 Å². The number of hydrogen-bond acceptors (Lipinski definition) is 5. The van der Waals surface area contributed by atoms with Gasteiger partial charge in [0.1, 0.15) is 11.8 Å². The average molecular weight is 483 g/mol. The first-order chi connectivity index (χ1) is 17.1. The maximum absolute atomic E-state index is 12.9. The van der Waals surface area contributed by atoms with Crippen molar-refractivity contribution in [3.63, 3.8) is 0 Å². The van der Waals surface area contributed by atoms with E-state index in [2.05, 4.69) is 12.2 Å². The van der Waals surface area contributed by atoms with E-state index in [1.165, 1.54) is 37.0 Å². The first-order valence-corrected chi connectivity index (χ1v) is 12.9. The van der Waals surface area contributed by atoms with E-state index >= 15 is 0 Å². The summed E-state index contributed by atoms with van der Waals surface area (Å²) in [4.78, 5) is 39.1. The normalized spacial score (nSPS) is 15.6. The molecule has 0 radical (unpaired) electrons. The van der Waals surface area contributed by atoms with Crippen LogP contribution in [0.3, 0.4) is 0 Å². The Labute approximate surface area is 208 Å². The number of hydrogen-bond donors (Lipinski definition) is 1. The first kappa shape index (κ1) is 26.5. The van der Waals surface area contributed by atoms with Crippen molar-refractivity contribution in [1.29, 1.82) is 0 Å². The van der Waals surface area contributed by atoms with E-state index in [1.54, 1.807) is 0 Å². The molecule has 1 aliphatic heterocycles. The monoisotopic (exact) mass is 482 g/mol. The van der Waals surface area contributed by atoms with E-state index < -0.39 is 12.0 Å². The molecule has 0 aromatic heterocycles. The number of nitrogens with zero attached hydrogens (tertiary/aromatic N) is 1. The number of nitrogens with one attached hydrogen (secondary N) is 1. The van der Waals surface area contributed by atoms with Crippen molar-refractivity contribution in [2.24, 2.45) is 0 Å². The predicted molar refractivity (Wildman–Crippen MR) is 136 cm³/mol. The smallest absolute Gasteiger partial charge is 0.308 e. The highest BCUT2D eigenvalue weighted by molar-refractivity contribution is 5.92. The van der Waals surface area contributed by atoms with Crippen molar-refractivity contribution in [1.82, 2.24) is 10.2 Å². The SMILES string of the molecule is CCCCCCCCCCOC(=O)CC1C(=O)NCCN1C(=O)COc1ccc2ccccc2c1. The molecule has 3 rings (SSSR count). The van der Waals surface area contributed by atoms with E-state index in [9.17, 15) is 14.4 Å². The number of fused-ring (bicyclic) bond motifs is 1. The Morgan fingerprint density at radius 1 is 0.971 bits per heavy atom. The zero-order valence-electron chi connectivity index (χ0n) is 20.8. The minimum atomic E-state index is -0.873. The molecule has 1 saturated heterocycles. The van der Waals surface area contributed by atoms with Gasteiger partial charge in [0.05, 0.1) is 13.0 Å². The third-order valence-electron chi connectivity index (χ3n) is 6.36. The Bertz CT molecular complexity index is 977. The summed E-state index contributed by atoms with van der Waals surface area (Å²) in [5.74, 6) is -0.531. The zero-order chi connectivity index (χ0) is 24.9. The Kier molecular flexibility index (Phi) is 10.9. The summed E-state index contributed by atoms with van der Waals surface area (Å²) < 4.78 is 11.1. The van der Waals surface area contributed by atoms with Gasteiger partial charge in [-0.15, -0.1) is 0 Å². The summed E-state index contributed by atoms with van der Waals surface area (Å²) in [7, 11) is 0. The van der Waals surface area contributed by atoms with Crippen LogP contribution in [0.1, 0.15) is 64.7 Å². The van der Waals surface area contributed by atoms with Crippen LogP contribution >= 0.6 is 0 Å². The van der Waals surface area contributed by atoms with Crippen molar-refractivity contribution in [2.75, 3.05) is 26.3 Å². The third-order valence-corrected chi connectivity index (χ3v) is 6.36. The standard InChI is InChI=1S/C28H38N2O5/c1-2-3-4-5-6-7-8-11-18-34-27(32)20-25-28(33)29-16-17-30(25)26(31)21-35-24-15-14-22-12-9-10-13-23(22)19-24/h9-10,12-15,19,25H,2-8,11,16-18,20-21H2,1H3,(H,29,33). The van der Waals surface area contributed by atoms with Crippen molar-refractivity contribution < 1.29 is 23.9 Å². The molecule has 0 aliphatic carbocycles. The number of benzene rings is 2. The number of carbonyl (C=O) groups excluding carboxylic acids is 3. The molecule has 35 heavy (non-hydrogen) atoms. The summed E-state index contributed by atoms with van der Waals surface area (Å²) in [6.07, 6.45) is 9.15. The molecular weight excluding hydrogens is 444 g/mol. The van der Waals surface area contributed by atoms with Crippen LogP contribution in [-0.4, -0.2) is 55.0 Å². The van der Waals surface area contributed by atoms with E-state index in [-0.39, 0.29) is 24.8 Å². The van der Waals surface area contributed by atoms with Crippen LogP contribution in [0.25, 0.3) is 10.8 Å². The number of piperazine rings is 1. The fourth-order valence-electron chi connectivity index (χ4n) is 4.34. The molecule has 2 aromatic rings. The van der Waals surface area contributed by atoms with Crippen molar-refractivity contribution >= 4 is 28.6 Å². The summed E-state index contributed by atoms with van der Waals surface area (Å²) in [5.41, 5.74) is 0. The predicted octanol–water partition coefficient (Wildman–Crippen LogP) is 4.62. The third kappa shape index (κ3) is 8.57. The molecule has 1 N–H and O–H groups in total. The van der Waals surface area contributed by atoms with Crippen LogP contribution in [0.2, 0.25) is 0 Å².